The third-order valence-electron chi connectivity index (χ3n) is 4.48. The summed E-state index contributed by atoms with van der Waals surface area (Å²) in [5.41, 5.74) is 2.72. The minimum absolute atomic E-state index is 0.367. The van der Waals surface area contributed by atoms with E-state index in [1.165, 1.54) is 10.9 Å². The van der Waals surface area contributed by atoms with Crippen molar-refractivity contribution in [2.24, 2.45) is 4.99 Å². The van der Waals surface area contributed by atoms with E-state index in [9.17, 15) is 13.2 Å². The number of fused-ring (bicyclic) bond motifs is 1. The lowest BCUT2D eigenvalue weighted by Gasteiger charge is -2.11. The Kier molecular flexibility index (Phi) is 6.79. The van der Waals surface area contributed by atoms with E-state index in [1.807, 2.05) is 19.1 Å². The van der Waals surface area contributed by atoms with E-state index in [0.29, 0.717) is 37.0 Å². The van der Waals surface area contributed by atoms with Crippen molar-refractivity contribution in [3.63, 3.8) is 0 Å². The predicted octanol–water partition coefficient (Wildman–Crippen LogP) is 4.29. The van der Waals surface area contributed by atoms with E-state index < -0.39 is 11.9 Å². The van der Waals surface area contributed by atoms with Crippen molar-refractivity contribution in [2.75, 3.05) is 19.6 Å². The molecule has 3 aromatic rings. The number of hydrogen-bond donors (Lipinski definition) is 3. The normalized spacial score (nSPS) is 12.5. The highest BCUT2D eigenvalue weighted by Gasteiger charge is 2.33. The minimum Gasteiger partial charge on any atom is -0.358 e. The maximum atomic E-state index is 12.6. The molecule has 0 fully saturated rings. The van der Waals surface area contributed by atoms with E-state index in [1.54, 1.807) is 0 Å². The Morgan fingerprint density at radius 3 is 2.72 bits per heavy atom. The molecule has 0 unspecified atom stereocenters. The highest BCUT2D eigenvalue weighted by molar-refractivity contribution is 7.09. The lowest BCUT2D eigenvalue weighted by molar-refractivity contribution is -0.140. The fourth-order valence-electron chi connectivity index (χ4n) is 3.12. The number of guanidine groups is 1. The standard InChI is InChI=1S/C20H24F3N5S/c1-3-24-19(26-11-9-18-28-17(12-29-18)20(21,22)23)25-10-8-14-13(2)27-16-7-5-4-6-15(14)16/h4-7,12,27H,3,8-11H2,1-2H3,(H2,24,25,26). The lowest BCUT2D eigenvalue weighted by Crippen LogP contribution is -2.38. The van der Waals surface area contributed by atoms with Gasteiger partial charge in [0, 0.05) is 48.0 Å². The quantitative estimate of drug-likeness (QED) is 0.392. The highest BCUT2D eigenvalue weighted by atomic mass is 32.1. The molecular formula is C20H24F3N5S. The molecule has 0 saturated heterocycles. The van der Waals surface area contributed by atoms with Crippen LogP contribution in [0.4, 0.5) is 13.2 Å². The van der Waals surface area contributed by atoms with Crippen molar-refractivity contribution >= 4 is 28.2 Å². The van der Waals surface area contributed by atoms with Gasteiger partial charge in [-0.05, 0) is 31.9 Å². The topological polar surface area (TPSA) is 65.1 Å². The summed E-state index contributed by atoms with van der Waals surface area (Å²) in [6, 6.07) is 8.21. The van der Waals surface area contributed by atoms with E-state index in [0.717, 1.165) is 34.3 Å². The summed E-state index contributed by atoms with van der Waals surface area (Å²) in [4.78, 5) is 11.5. The van der Waals surface area contributed by atoms with Crippen molar-refractivity contribution in [3.8, 4) is 0 Å². The number of aromatic amines is 1. The Balaban J connectivity index is 1.55. The zero-order valence-corrected chi connectivity index (χ0v) is 17.2. The molecule has 0 spiro atoms. The molecule has 0 radical (unpaired) electrons. The Bertz CT molecular complexity index is 974. The summed E-state index contributed by atoms with van der Waals surface area (Å²) in [6.07, 6.45) is -3.18. The molecule has 0 aliphatic carbocycles. The van der Waals surface area contributed by atoms with Crippen molar-refractivity contribution in [3.05, 3.63) is 51.6 Å². The van der Waals surface area contributed by atoms with Gasteiger partial charge in [0.1, 0.15) is 0 Å². The Morgan fingerprint density at radius 2 is 2.00 bits per heavy atom. The van der Waals surface area contributed by atoms with E-state index >= 15 is 0 Å². The number of thiazole rings is 1. The summed E-state index contributed by atoms with van der Waals surface area (Å²) in [6.45, 7) is 5.80. The number of nitrogens with one attached hydrogen (secondary N) is 3. The van der Waals surface area contributed by atoms with E-state index in [-0.39, 0.29) is 0 Å². The highest BCUT2D eigenvalue weighted by Crippen LogP contribution is 2.30. The second kappa shape index (κ2) is 9.30. The minimum atomic E-state index is -4.39. The van der Waals surface area contributed by atoms with Crippen LogP contribution in [0.2, 0.25) is 0 Å². The van der Waals surface area contributed by atoms with Gasteiger partial charge in [0.2, 0.25) is 0 Å². The second-order valence-corrected chi connectivity index (χ2v) is 7.53. The van der Waals surface area contributed by atoms with Crippen LogP contribution >= 0.6 is 11.3 Å². The smallest absolute Gasteiger partial charge is 0.358 e. The Hall–Kier alpha value is -2.55. The van der Waals surface area contributed by atoms with Gasteiger partial charge in [-0.25, -0.2) is 4.98 Å². The fraction of sp³-hybridized carbons (Fsp3) is 0.400. The van der Waals surface area contributed by atoms with Gasteiger partial charge in [-0.2, -0.15) is 13.2 Å². The van der Waals surface area contributed by atoms with Gasteiger partial charge in [-0.15, -0.1) is 11.3 Å². The first-order chi connectivity index (χ1) is 13.9. The van der Waals surface area contributed by atoms with Crippen LogP contribution in [0.15, 0.2) is 34.6 Å². The number of aliphatic imine (C=N–C) groups is 1. The molecule has 2 aromatic heterocycles. The van der Waals surface area contributed by atoms with Crippen LogP contribution in [0.5, 0.6) is 0 Å². The second-order valence-electron chi connectivity index (χ2n) is 6.59. The van der Waals surface area contributed by atoms with Crippen molar-refractivity contribution in [1.29, 1.82) is 0 Å². The molecular weight excluding hydrogens is 399 g/mol. The maximum Gasteiger partial charge on any atom is 0.434 e. The summed E-state index contributed by atoms with van der Waals surface area (Å²) >= 11 is 1.02. The molecule has 0 atom stereocenters. The number of hydrogen-bond acceptors (Lipinski definition) is 3. The number of nitrogens with zero attached hydrogens (tertiary/aromatic N) is 2. The Morgan fingerprint density at radius 1 is 1.21 bits per heavy atom. The summed E-state index contributed by atoms with van der Waals surface area (Å²) in [5, 5.41) is 9.16. The molecule has 29 heavy (non-hydrogen) atoms. The number of halogens is 3. The number of para-hydroxylation sites is 1. The van der Waals surface area contributed by atoms with Crippen molar-refractivity contribution in [2.45, 2.75) is 32.9 Å². The molecule has 0 amide bonds. The predicted molar refractivity (Wildman–Crippen MR) is 112 cm³/mol. The third kappa shape index (κ3) is 5.50. The first-order valence-electron chi connectivity index (χ1n) is 9.48. The molecule has 1 aromatic carbocycles. The number of alkyl halides is 3. The van der Waals surface area contributed by atoms with Crippen LogP contribution in [-0.4, -0.2) is 35.6 Å². The van der Waals surface area contributed by atoms with Crippen LogP contribution < -0.4 is 10.6 Å². The van der Waals surface area contributed by atoms with Crippen molar-refractivity contribution < 1.29 is 13.2 Å². The molecule has 156 valence electrons. The van der Waals surface area contributed by atoms with E-state index in [2.05, 4.69) is 44.7 Å². The molecule has 9 heteroatoms. The van der Waals surface area contributed by atoms with Gasteiger partial charge in [-0.1, -0.05) is 18.2 Å². The van der Waals surface area contributed by atoms with Gasteiger partial charge in [0.05, 0.1) is 5.01 Å². The molecule has 0 saturated carbocycles. The van der Waals surface area contributed by atoms with Gasteiger partial charge < -0.3 is 15.6 Å². The van der Waals surface area contributed by atoms with E-state index in [4.69, 9.17) is 0 Å². The molecule has 0 bridgehead atoms. The molecule has 2 heterocycles. The number of aryl methyl sites for hydroxylation is 1. The van der Waals surface area contributed by atoms with Crippen LogP contribution in [0.3, 0.4) is 0 Å². The van der Waals surface area contributed by atoms with Crippen LogP contribution in [-0.2, 0) is 19.0 Å². The van der Waals surface area contributed by atoms with Crippen LogP contribution in [0.25, 0.3) is 10.9 Å². The molecule has 5 nitrogen and oxygen atoms in total. The summed E-state index contributed by atoms with van der Waals surface area (Å²) in [5.74, 6) is 0.651. The first kappa shape index (κ1) is 21.2. The summed E-state index contributed by atoms with van der Waals surface area (Å²) in [7, 11) is 0. The summed E-state index contributed by atoms with van der Waals surface area (Å²) < 4.78 is 37.9. The maximum absolute atomic E-state index is 12.6. The van der Waals surface area contributed by atoms with Gasteiger partial charge in [0.25, 0.3) is 0 Å². The average molecular weight is 424 g/mol. The van der Waals surface area contributed by atoms with Crippen molar-refractivity contribution in [1.82, 2.24) is 20.6 Å². The molecule has 3 rings (SSSR count). The van der Waals surface area contributed by atoms with Crippen LogP contribution in [0, 0.1) is 6.92 Å². The average Bonchev–Trinajstić information content (AvgIpc) is 3.26. The number of rotatable bonds is 7. The third-order valence-corrected chi connectivity index (χ3v) is 5.39. The number of aromatic nitrogens is 2. The molecule has 0 aliphatic rings. The van der Waals surface area contributed by atoms with Gasteiger partial charge >= 0.3 is 6.18 Å². The monoisotopic (exact) mass is 423 g/mol. The number of benzene rings is 1. The van der Waals surface area contributed by atoms with Gasteiger partial charge in [0.15, 0.2) is 11.7 Å². The Labute approximate surface area is 171 Å². The number of H-pyrrole nitrogens is 1. The zero-order chi connectivity index (χ0) is 20.9. The first-order valence-corrected chi connectivity index (χ1v) is 10.4. The fourth-order valence-corrected chi connectivity index (χ4v) is 3.92. The lowest BCUT2D eigenvalue weighted by atomic mass is 10.1. The van der Waals surface area contributed by atoms with Gasteiger partial charge in [-0.3, -0.25) is 4.99 Å². The molecule has 0 aliphatic heterocycles. The zero-order valence-electron chi connectivity index (χ0n) is 16.4. The van der Waals surface area contributed by atoms with Crippen LogP contribution in [0.1, 0.15) is 28.9 Å². The largest absolute Gasteiger partial charge is 0.434 e. The molecule has 3 N–H and O–H groups in total. The SMILES string of the molecule is CCNC(=NCCc1nc(C(F)(F)F)cs1)NCCc1c(C)[nH]c2ccccc12.